The second-order valence-electron chi connectivity index (χ2n) is 7.10. The number of para-hydroxylation sites is 1. The molecule has 4 aromatic rings. The third-order valence-corrected chi connectivity index (χ3v) is 6.36. The SMILES string of the molecule is CCC(c1nc2ccccc2c(=O)n1-c1cccc(Cl)c1)N(CC)C(=O)c1cccs1. The maximum absolute atomic E-state index is 13.6. The number of fused-ring (bicyclic) bond motifs is 1. The lowest BCUT2D eigenvalue weighted by Crippen LogP contribution is -2.38. The molecule has 0 spiro atoms. The summed E-state index contributed by atoms with van der Waals surface area (Å²) in [6, 6.07) is 17.7. The maximum atomic E-state index is 13.6. The van der Waals surface area contributed by atoms with Gasteiger partial charge in [0.1, 0.15) is 5.82 Å². The number of halogens is 1. The first-order chi connectivity index (χ1) is 15.0. The van der Waals surface area contributed by atoms with Gasteiger partial charge in [-0.25, -0.2) is 4.98 Å². The highest BCUT2D eigenvalue weighted by Crippen LogP contribution is 2.28. The van der Waals surface area contributed by atoms with Crippen molar-refractivity contribution in [3.8, 4) is 5.69 Å². The first-order valence-corrected chi connectivity index (χ1v) is 11.4. The van der Waals surface area contributed by atoms with E-state index in [1.807, 2.05) is 55.6 Å². The fourth-order valence-electron chi connectivity index (χ4n) is 3.83. The number of carbonyl (C=O) groups is 1. The zero-order valence-corrected chi connectivity index (χ0v) is 18.9. The van der Waals surface area contributed by atoms with Gasteiger partial charge in [0.25, 0.3) is 11.5 Å². The molecular formula is C24H22ClN3O2S. The first kappa shape index (κ1) is 21.3. The molecule has 0 aliphatic carbocycles. The van der Waals surface area contributed by atoms with Crippen LogP contribution in [0.3, 0.4) is 0 Å². The van der Waals surface area contributed by atoms with Crippen molar-refractivity contribution in [1.82, 2.24) is 14.5 Å². The Morgan fingerprint density at radius 2 is 1.94 bits per heavy atom. The van der Waals surface area contributed by atoms with Crippen LogP contribution in [0.15, 0.2) is 70.8 Å². The minimum absolute atomic E-state index is 0.0654. The summed E-state index contributed by atoms with van der Waals surface area (Å²) in [5.74, 6) is 0.463. The lowest BCUT2D eigenvalue weighted by atomic mass is 10.1. The summed E-state index contributed by atoms with van der Waals surface area (Å²) < 4.78 is 1.59. The van der Waals surface area contributed by atoms with E-state index in [0.717, 1.165) is 0 Å². The highest BCUT2D eigenvalue weighted by atomic mass is 35.5. The number of amides is 1. The highest BCUT2D eigenvalue weighted by Gasteiger charge is 2.29. The van der Waals surface area contributed by atoms with Gasteiger partial charge in [0, 0.05) is 11.6 Å². The molecule has 1 amide bonds. The zero-order chi connectivity index (χ0) is 22.0. The molecule has 2 aromatic carbocycles. The van der Waals surface area contributed by atoms with E-state index >= 15 is 0 Å². The fourth-order valence-corrected chi connectivity index (χ4v) is 4.69. The van der Waals surface area contributed by atoms with Gasteiger partial charge in [-0.1, -0.05) is 42.8 Å². The molecule has 4 rings (SSSR count). The molecule has 0 fully saturated rings. The monoisotopic (exact) mass is 451 g/mol. The molecule has 7 heteroatoms. The van der Waals surface area contributed by atoms with Gasteiger partial charge < -0.3 is 4.90 Å². The normalized spacial score (nSPS) is 12.1. The van der Waals surface area contributed by atoms with Gasteiger partial charge >= 0.3 is 0 Å². The minimum Gasteiger partial charge on any atom is -0.328 e. The van der Waals surface area contributed by atoms with Crippen LogP contribution in [0.2, 0.25) is 5.02 Å². The molecule has 0 saturated carbocycles. The Morgan fingerprint density at radius 1 is 1.13 bits per heavy atom. The van der Waals surface area contributed by atoms with Crippen LogP contribution < -0.4 is 5.56 Å². The van der Waals surface area contributed by atoms with E-state index in [1.165, 1.54) is 11.3 Å². The molecule has 158 valence electrons. The summed E-state index contributed by atoms with van der Waals surface area (Å²) in [5.41, 5.74) is 1.06. The van der Waals surface area contributed by atoms with E-state index in [1.54, 1.807) is 33.7 Å². The lowest BCUT2D eigenvalue weighted by molar-refractivity contribution is 0.0677. The van der Waals surface area contributed by atoms with Crippen molar-refractivity contribution >= 4 is 39.7 Å². The van der Waals surface area contributed by atoms with Gasteiger partial charge in [-0.2, -0.15) is 0 Å². The zero-order valence-electron chi connectivity index (χ0n) is 17.3. The third kappa shape index (κ3) is 4.01. The summed E-state index contributed by atoms with van der Waals surface area (Å²) in [5, 5.41) is 2.94. The maximum Gasteiger partial charge on any atom is 0.266 e. The average molecular weight is 452 g/mol. The van der Waals surface area contributed by atoms with Gasteiger partial charge in [-0.05, 0) is 55.1 Å². The quantitative estimate of drug-likeness (QED) is 0.377. The van der Waals surface area contributed by atoms with Crippen molar-refractivity contribution in [3.05, 3.63) is 92.1 Å². The number of benzene rings is 2. The molecular weight excluding hydrogens is 430 g/mol. The summed E-state index contributed by atoms with van der Waals surface area (Å²) in [6.45, 7) is 4.43. The van der Waals surface area contributed by atoms with E-state index in [0.29, 0.717) is 45.3 Å². The summed E-state index contributed by atoms with van der Waals surface area (Å²) >= 11 is 7.65. The van der Waals surface area contributed by atoms with Crippen molar-refractivity contribution in [2.45, 2.75) is 26.3 Å². The standard InChI is InChI=1S/C24H22ClN3O2S/c1-3-20(27(4-2)24(30)21-13-8-14-31-21)22-26-19-12-6-5-11-18(19)23(29)28(22)17-10-7-9-16(25)15-17/h5-15,20H,3-4H2,1-2H3. The van der Waals surface area contributed by atoms with E-state index in [-0.39, 0.29) is 17.5 Å². The van der Waals surface area contributed by atoms with Crippen LogP contribution in [-0.2, 0) is 0 Å². The van der Waals surface area contributed by atoms with Crippen molar-refractivity contribution in [2.24, 2.45) is 0 Å². The molecule has 2 aromatic heterocycles. The lowest BCUT2D eigenvalue weighted by Gasteiger charge is -2.31. The van der Waals surface area contributed by atoms with Gasteiger partial charge in [-0.3, -0.25) is 14.2 Å². The van der Waals surface area contributed by atoms with Crippen LogP contribution in [0, 0.1) is 0 Å². The molecule has 31 heavy (non-hydrogen) atoms. The number of aromatic nitrogens is 2. The van der Waals surface area contributed by atoms with Gasteiger partial charge in [0.15, 0.2) is 0 Å². The number of hydrogen-bond donors (Lipinski definition) is 0. The number of hydrogen-bond acceptors (Lipinski definition) is 4. The van der Waals surface area contributed by atoms with Crippen LogP contribution in [0.25, 0.3) is 16.6 Å². The Morgan fingerprint density at radius 3 is 2.61 bits per heavy atom. The van der Waals surface area contributed by atoms with E-state index in [2.05, 4.69) is 0 Å². The Kier molecular flexibility index (Phi) is 6.20. The predicted octanol–water partition coefficient (Wildman–Crippen LogP) is 5.71. The van der Waals surface area contributed by atoms with Crippen molar-refractivity contribution in [1.29, 1.82) is 0 Å². The van der Waals surface area contributed by atoms with E-state index in [4.69, 9.17) is 16.6 Å². The van der Waals surface area contributed by atoms with Crippen molar-refractivity contribution in [3.63, 3.8) is 0 Å². The number of nitrogens with zero attached hydrogens (tertiary/aromatic N) is 3. The van der Waals surface area contributed by atoms with Crippen LogP contribution in [0.4, 0.5) is 0 Å². The molecule has 5 nitrogen and oxygen atoms in total. The van der Waals surface area contributed by atoms with Gasteiger partial charge in [0.2, 0.25) is 0 Å². The average Bonchev–Trinajstić information content (AvgIpc) is 3.32. The highest BCUT2D eigenvalue weighted by molar-refractivity contribution is 7.12. The molecule has 0 bridgehead atoms. The second kappa shape index (κ2) is 9.04. The predicted molar refractivity (Wildman–Crippen MR) is 126 cm³/mol. The van der Waals surface area contributed by atoms with Crippen LogP contribution in [0.1, 0.15) is 41.8 Å². The molecule has 0 N–H and O–H groups in total. The minimum atomic E-state index is -0.379. The molecule has 0 aliphatic heterocycles. The largest absolute Gasteiger partial charge is 0.328 e. The van der Waals surface area contributed by atoms with Gasteiger partial charge in [0.05, 0.1) is 27.5 Å². The van der Waals surface area contributed by atoms with Gasteiger partial charge in [-0.15, -0.1) is 11.3 Å². The number of carbonyl (C=O) groups excluding carboxylic acids is 1. The molecule has 1 unspecified atom stereocenters. The second-order valence-corrected chi connectivity index (χ2v) is 8.48. The Hall–Kier alpha value is -2.96. The summed E-state index contributed by atoms with van der Waals surface area (Å²) in [4.78, 5) is 34.2. The Bertz CT molecular complexity index is 1280. The summed E-state index contributed by atoms with van der Waals surface area (Å²) in [6.07, 6.45) is 0.607. The van der Waals surface area contributed by atoms with Crippen LogP contribution in [0.5, 0.6) is 0 Å². The molecule has 2 heterocycles. The molecule has 0 radical (unpaired) electrons. The van der Waals surface area contributed by atoms with Crippen LogP contribution >= 0.6 is 22.9 Å². The van der Waals surface area contributed by atoms with Crippen LogP contribution in [-0.4, -0.2) is 26.9 Å². The Balaban J connectivity index is 1.97. The molecule has 0 saturated heterocycles. The van der Waals surface area contributed by atoms with E-state index < -0.39 is 0 Å². The topological polar surface area (TPSA) is 55.2 Å². The first-order valence-electron chi connectivity index (χ1n) is 10.2. The van der Waals surface area contributed by atoms with Crippen molar-refractivity contribution in [2.75, 3.05) is 6.54 Å². The van der Waals surface area contributed by atoms with E-state index in [9.17, 15) is 9.59 Å². The molecule has 1 atom stereocenters. The number of thiophene rings is 1. The fraction of sp³-hybridized carbons (Fsp3) is 0.208. The molecule has 0 aliphatic rings. The van der Waals surface area contributed by atoms with Crippen molar-refractivity contribution < 1.29 is 4.79 Å². The number of rotatable bonds is 6. The summed E-state index contributed by atoms with van der Waals surface area (Å²) in [7, 11) is 0. The smallest absolute Gasteiger partial charge is 0.266 e. The Labute approximate surface area is 189 Å². The third-order valence-electron chi connectivity index (χ3n) is 5.26.